The van der Waals surface area contributed by atoms with Crippen molar-refractivity contribution in [1.29, 1.82) is 0 Å². The van der Waals surface area contributed by atoms with Crippen LogP contribution < -0.4 is 15.8 Å². The van der Waals surface area contributed by atoms with Crippen LogP contribution in [0.3, 0.4) is 0 Å². The van der Waals surface area contributed by atoms with Crippen molar-refractivity contribution in [3.05, 3.63) is 89.2 Å². The molecule has 3 N–H and O–H groups in total. The summed E-state index contributed by atoms with van der Waals surface area (Å²) >= 11 is 6.02. The van der Waals surface area contributed by atoms with Gasteiger partial charge in [-0.3, -0.25) is 9.59 Å². The van der Waals surface area contributed by atoms with E-state index >= 15 is 0 Å². The predicted molar refractivity (Wildman–Crippen MR) is 130 cm³/mol. The highest BCUT2D eigenvalue weighted by Gasteiger charge is 2.15. The van der Waals surface area contributed by atoms with E-state index < -0.39 is 5.91 Å². The lowest BCUT2D eigenvalue weighted by Gasteiger charge is -2.10. The first-order valence-electron chi connectivity index (χ1n) is 10.1. The molecule has 0 spiro atoms. The maximum absolute atomic E-state index is 12.6. The smallest absolute Gasteiger partial charge is 0.248 e. The summed E-state index contributed by atoms with van der Waals surface area (Å²) in [5.74, 6) is -0.248. The molecule has 6 nitrogen and oxygen atoms in total. The molecule has 4 aromatic rings. The van der Waals surface area contributed by atoms with Crippen molar-refractivity contribution in [3.63, 3.8) is 0 Å². The highest BCUT2D eigenvalue weighted by atomic mass is 35.5. The van der Waals surface area contributed by atoms with E-state index in [1.54, 1.807) is 37.6 Å². The molecule has 7 heteroatoms. The Balaban J connectivity index is 1.65. The molecule has 0 aliphatic carbocycles. The van der Waals surface area contributed by atoms with Gasteiger partial charge >= 0.3 is 0 Å². The molecule has 1 aromatic heterocycles. The number of methoxy groups -OCH3 is 1. The molecule has 0 bridgehead atoms. The van der Waals surface area contributed by atoms with E-state index in [-0.39, 0.29) is 5.91 Å². The Kier molecular flexibility index (Phi) is 6.20. The first kappa shape index (κ1) is 22.2. The summed E-state index contributed by atoms with van der Waals surface area (Å²) in [4.78, 5) is 23.8. The van der Waals surface area contributed by atoms with Crippen LogP contribution in [0.25, 0.3) is 27.7 Å². The van der Waals surface area contributed by atoms with Crippen LogP contribution in [0.1, 0.15) is 22.8 Å². The normalized spacial score (nSPS) is 11.4. The number of rotatable bonds is 6. The maximum atomic E-state index is 12.6. The van der Waals surface area contributed by atoms with Crippen molar-refractivity contribution in [2.24, 2.45) is 5.73 Å². The number of carbonyl (C=O) groups excluding carboxylic acids is 2. The van der Waals surface area contributed by atoms with Crippen LogP contribution in [-0.4, -0.2) is 18.9 Å². The van der Waals surface area contributed by atoms with Gasteiger partial charge in [0.25, 0.3) is 0 Å². The summed E-state index contributed by atoms with van der Waals surface area (Å²) in [5, 5.41) is 4.33. The number of nitrogens with one attached hydrogen (secondary N) is 1. The second-order valence-electron chi connectivity index (χ2n) is 7.46. The van der Waals surface area contributed by atoms with Crippen molar-refractivity contribution in [1.82, 2.24) is 0 Å². The Morgan fingerprint density at radius 1 is 1.06 bits per heavy atom. The molecule has 0 fully saturated rings. The number of carbonyl (C=O) groups is 2. The van der Waals surface area contributed by atoms with Gasteiger partial charge in [0.15, 0.2) is 0 Å². The van der Waals surface area contributed by atoms with Crippen LogP contribution in [0, 0.1) is 0 Å². The zero-order valence-electron chi connectivity index (χ0n) is 18.0. The third-order valence-corrected chi connectivity index (χ3v) is 5.51. The Hall–Kier alpha value is -4.03. The highest BCUT2D eigenvalue weighted by molar-refractivity contribution is 6.30. The molecular weight excluding hydrogens is 440 g/mol. The van der Waals surface area contributed by atoms with E-state index in [0.717, 1.165) is 22.1 Å². The van der Waals surface area contributed by atoms with Crippen molar-refractivity contribution < 1.29 is 18.7 Å². The zero-order valence-corrected chi connectivity index (χ0v) is 18.8. The number of hydrogen-bond donors (Lipinski definition) is 2. The van der Waals surface area contributed by atoms with Gasteiger partial charge in [-0.2, -0.15) is 0 Å². The number of fused-ring (bicyclic) bond motifs is 1. The molecule has 0 saturated heterocycles. The van der Waals surface area contributed by atoms with E-state index in [9.17, 15) is 9.59 Å². The standard InChI is InChI=1S/C26H21ClN2O4/c1-15(11-25(30)29-19-9-5-17(6-10-19)26(28)31)20-12-21-22(16-3-7-18(27)8-4-16)14-33-24(21)13-23(20)32-2/h3-14H,1-2H3,(H2,28,31)(H,29,30)/b15-11+. The fourth-order valence-corrected chi connectivity index (χ4v) is 3.68. The summed E-state index contributed by atoms with van der Waals surface area (Å²) in [6, 6.07) is 17.6. The van der Waals surface area contributed by atoms with Crippen molar-refractivity contribution >= 4 is 45.6 Å². The van der Waals surface area contributed by atoms with E-state index in [2.05, 4.69) is 5.32 Å². The third kappa shape index (κ3) is 4.76. The Morgan fingerprint density at radius 3 is 2.39 bits per heavy atom. The van der Waals surface area contributed by atoms with Crippen molar-refractivity contribution in [2.45, 2.75) is 6.92 Å². The van der Waals surface area contributed by atoms with Gasteiger partial charge in [0.05, 0.1) is 13.4 Å². The quantitative estimate of drug-likeness (QED) is 0.350. The molecule has 166 valence electrons. The molecule has 0 aliphatic rings. The molecule has 33 heavy (non-hydrogen) atoms. The molecule has 0 saturated carbocycles. The number of ether oxygens (including phenoxy) is 1. The highest BCUT2D eigenvalue weighted by Crippen LogP contribution is 2.37. The van der Waals surface area contributed by atoms with Crippen LogP contribution in [-0.2, 0) is 4.79 Å². The number of anilines is 1. The fraction of sp³-hybridized carbons (Fsp3) is 0.0769. The average molecular weight is 461 g/mol. The van der Waals surface area contributed by atoms with E-state index in [0.29, 0.717) is 33.2 Å². The van der Waals surface area contributed by atoms with Gasteiger partial charge < -0.3 is 20.2 Å². The Labute approximate surface area is 195 Å². The average Bonchev–Trinajstić information content (AvgIpc) is 3.21. The van der Waals surface area contributed by atoms with Crippen molar-refractivity contribution in [2.75, 3.05) is 12.4 Å². The SMILES string of the molecule is COc1cc2occ(-c3ccc(Cl)cc3)c2cc1/C(C)=C/C(=O)Nc1ccc(C(N)=O)cc1. The van der Waals surface area contributed by atoms with Gasteiger partial charge in [-0.05, 0) is 60.5 Å². The summed E-state index contributed by atoms with van der Waals surface area (Å²) in [6.45, 7) is 1.83. The van der Waals surface area contributed by atoms with Gasteiger partial charge in [0.2, 0.25) is 11.8 Å². The van der Waals surface area contributed by atoms with Crippen LogP contribution in [0.4, 0.5) is 5.69 Å². The number of furan rings is 1. The number of hydrogen-bond acceptors (Lipinski definition) is 4. The lowest BCUT2D eigenvalue weighted by molar-refractivity contribution is -0.111. The molecular formula is C26H21ClN2O4. The van der Waals surface area contributed by atoms with E-state index in [4.69, 9.17) is 26.5 Å². The predicted octanol–water partition coefficient (Wildman–Crippen LogP) is 5.90. The number of amides is 2. The number of halogens is 1. The van der Waals surface area contributed by atoms with Gasteiger partial charge in [0.1, 0.15) is 11.3 Å². The van der Waals surface area contributed by atoms with Crippen LogP contribution in [0.5, 0.6) is 5.75 Å². The fourth-order valence-electron chi connectivity index (χ4n) is 3.56. The van der Waals surface area contributed by atoms with Gasteiger partial charge in [-0.1, -0.05) is 23.7 Å². The van der Waals surface area contributed by atoms with Gasteiger partial charge in [-0.15, -0.1) is 0 Å². The largest absolute Gasteiger partial charge is 0.496 e. The molecule has 0 aliphatic heterocycles. The van der Waals surface area contributed by atoms with Gasteiger partial charge in [0, 0.05) is 44.9 Å². The first-order chi connectivity index (χ1) is 15.9. The Morgan fingerprint density at radius 2 is 1.76 bits per heavy atom. The van der Waals surface area contributed by atoms with Crippen LogP contribution in [0.2, 0.25) is 5.02 Å². The number of primary amides is 1. The molecule has 0 atom stereocenters. The first-order valence-corrected chi connectivity index (χ1v) is 10.5. The molecule has 3 aromatic carbocycles. The zero-order chi connectivity index (χ0) is 23.5. The molecule has 2 amide bonds. The summed E-state index contributed by atoms with van der Waals surface area (Å²) in [6.07, 6.45) is 3.19. The van der Waals surface area contributed by atoms with Crippen LogP contribution in [0.15, 0.2) is 77.4 Å². The minimum absolute atomic E-state index is 0.313. The topological polar surface area (TPSA) is 94.6 Å². The lowest BCUT2D eigenvalue weighted by Crippen LogP contribution is -2.12. The molecule has 4 rings (SSSR count). The van der Waals surface area contributed by atoms with Gasteiger partial charge in [-0.25, -0.2) is 0 Å². The summed E-state index contributed by atoms with van der Waals surface area (Å²) in [5.41, 5.74) is 10.2. The molecule has 1 heterocycles. The Bertz CT molecular complexity index is 1370. The maximum Gasteiger partial charge on any atom is 0.248 e. The summed E-state index contributed by atoms with van der Waals surface area (Å²) < 4.78 is 11.3. The number of benzene rings is 3. The minimum Gasteiger partial charge on any atom is -0.496 e. The number of nitrogens with two attached hydrogens (primary N) is 1. The second kappa shape index (κ2) is 9.22. The van der Waals surface area contributed by atoms with Crippen molar-refractivity contribution in [3.8, 4) is 16.9 Å². The molecule has 0 radical (unpaired) electrons. The third-order valence-electron chi connectivity index (χ3n) is 5.26. The minimum atomic E-state index is -0.525. The van der Waals surface area contributed by atoms with E-state index in [1.807, 2.05) is 43.3 Å². The number of allylic oxidation sites excluding steroid dienone is 1. The lowest BCUT2D eigenvalue weighted by atomic mass is 9.99. The summed E-state index contributed by atoms with van der Waals surface area (Å²) in [7, 11) is 1.57. The monoisotopic (exact) mass is 460 g/mol. The van der Waals surface area contributed by atoms with E-state index in [1.165, 1.54) is 6.08 Å². The van der Waals surface area contributed by atoms with Crippen LogP contribution >= 0.6 is 11.6 Å². The second-order valence-corrected chi connectivity index (χ2v) is 7.90. The molecule has 0 unspecified atom stereocenters.